The molecule has 0 aliphatic carbocycles. The van der Waals surface area contributed by atoms with Gasteiger partial charge in [-0.2, -0.15) is 4.31 Å². The minimum absolute atomic E-state index is 0.0722. The quantitative estimate of drug-likeness (QED) is 0.466. The van der Waals surface area contributed by atoms with E-state index in [-0.39, 0.29) is 29.4 Å². The third kappa shape index (κ3) is 4.98. The Hall–Kier alpha value is -2.91. The van der Waals surface area contributed by atoms with Gasteiger partial charge in [0.1, 0.15) is 23.9 Å². The minimum atomic E-state index is -3.77. The molecular formula is C21H23NO7S. The Morgan fingerprint density at radius 3 is 2.10 bits per heavy atom. The van der Waals surface area contributed by atoms with E-state index in [0.29, 0.717) is 18.7 Å². The molecule has 30 heavy (non-hydrogen) atoms. The van der Waals surface area contributed by atoms with Crippen LogP contribution in [0.25, 0.3) is 0 Å². The largest absolute Gasteiger partial charge is 0.495 e. The molecule has 1 aliphatic heterocycles. The summed E-state index contributed by atoms with van der Waals surface area (Å²) in [7, 11) is -2.40. The van der Waals surface area contributed by atoms with E-state index in [1.54, 1.807) is 30.3 Å². The third-order valence-electron chi connectivity index (χ3n) is 4.64. The highest BCUT2D eigenvalue weighted by molar-refractivity contribution is 7.89. The second-order valence-electron chi connectivity index (χ2n) is 6.61. The second-order valence-corrected chi connectivity index (χ2v) is 8.52. The molecule has 2 aromatic carbocycles. The summed E-state index contributed by atoms with van der Waals surface area (Å²) < 4.78 is 42.5. The first-order valence-electron chi connectivity index (χ1n) is 9.51. The van der Waals surface area contributed by atoms with Crippen molar-refractivity contribution in [2.45, 2.75) is 17.7 Å². The van der Waals surface area contributed by atoms with Crippen molar-refractivity contribution >= 4 is 22.0 Å². The Morgan fingerprint density at radius 2 is 1.50 bits per heavy atom. The number of rotatable bonds is 8. The topological polar surface area (TPSA) is 99.2 Å². The number of nitrogens with zero attached hydrogens (tertiary/aromatic N) is 1. The van der Waals surface area contributed by atoms with E-state index in [1.807, 2.05) is 0 Å². The van der Waals surface area contributed by atoms with Gasteiger partial charge in [-0.3, -0.25) is 0 Å². The molecular weight excluding hydrogens is 410 g/mol. The van der Waals surface area contributed by atoms with Crippen molar-refractivity contribution in [1.29, 1.82) is 0 Å². The highest BCUT2D eigenvalue weighted by atomic mass is 32.2. The van der Waals surface area contributed by atoms with Gasteiger partial charge in [0.2, 0.25) is 10.0 Å². The molecule has 2 aromatic rings. The molecule has 9 heteroatoms. The fraction of sp³-hybridized carbons (Fsp3) is 0.333. The summed E-state index contributed by atoms with van der Waals surface area (Å²) in [4.78, 5) is 24.1. The Bertz CT molecular complexity index is 999. The van der Waals surface area contributed by atoms with Crippen LogP contribution in [0.5, 0.6) is 5.75 Å². The molecule has 0 amide bonds. The van der Waals surface area contributed by atoms with Gasteiger partial charge in [-0.05, 0) is 43.2 Å². The predicted molar refractivity (Wildman–Crippen MR) is 108 cm³/mol. The van der Waals surface area contributed by atoms with Gasteiger partial charge in [0.15, 0.2) is 0 Å². The second kappa shape index (κ2) is 9.73. The average molecular weight is 433 g/mol. The van der Waals surface area contributed by atoms with Crippen molar-refractivity contribution in [2.75, 3.05) is 33.4 Å². The molecule has 0 saturated carbocycles. The van der Waals surface area contributed by atoms with Gasteiger partial charge in [0.05, 0.1) is 18.2 Å². The van der Waals surface area contributed by atoms with Crippen LogP contribution in [-0.4, -0.2) is 58.1 Å². The van der Waals surface area contributed by atoms with Crippen molar-refractivity contribution < 1.29 is 32.2 Å². The number of ether oxygens (including phenoxy) is 3. The Morgan fingerprint density at radius 1 is 0.900 bits per heavy atom. The highest BCUT2D eigenvalue weighted by Crippen LogP contribution is 2.30. The van der Waals surface area contributed by atoms with E-state index in [1.165, 1.54) is 29.6 Å². The van der Waals surface area contributed by atoms with Crippen molar-refractivity contribution in [3.63, 3.8) is 0 Å². The van der Waals surface area contributed by atoms with Crippen LogP contribution in [0.4, 0.5) is 0 Å². The summed E-state index contributed by atoms with van der Waals surface area (Å²) in [5.74, 6) is -1.07. The van der Waals surface area contributed by atoms with Gasteiger partial charge >= 0.3 is 11.9 Å². The molecule has 0 atom stereocenters. The molecule has 0 bridgehead atoms. The van der Waals surface area contributed by atoms with Crippen LogP contribution in [-0.2, 0) is 19.5 Å². The van der Waals surface area contributed by atoms with Crippen LogP contribution in [0.3, 0.4) is 0 Å². The van der Waals surface area contributed by atoms with Crippen LogP contribution in [0.15, 0.2) is 53.4 Å². The lowest BCUT2D eigenvalue weighted by Gasteiger charge is -2.18. The van der Waals surface area contributed by atoms with Crippen LogP contribution >= 0.6 is 0 Å². The Balaban J connectivity index is 1.62. The fourth-order valence-corrected chi connectivity index (χ4v) is 4.78. The number of hydrogen-bond acceptors (Lipinski definition) is 7. The maximum Gasteiger partial charge on any atom is 0.338 e. The first-order valence-corrected chi connectivity index (χ1v) is 10.9. The van der Waals surface area contributed by atoms with Crippen LogP contribution < -0.4 is 4.74 Å². The van der Waals surface area contributed by atoms with E-state index in [0.717, 1.165) is 12.8 Å². The van der Waals surface area contributed by atoms with E-state index >= 15 is 0 Å². The monoisotopic (exact) mass is 433 g/mol. The lowest BCUT2D eigenvalue weighted by atomic mass is 10.2. The molecule has 1 heterocycles. The fourth-order valence-electron chi connectivity index (χ4n) is 3.08. The lowest BCUT2D eigenvalue weighted by molar-refractivity contribution is 0.0265. The van der Waals surface area contributed by atoms with E-state index in [4.69, 9.17) is 14.2 Å². The highest BCUT2D eigenvalue weighted by Gasteiger charge is 2.30. The molecule has 0 radical (unpaired) electrons. The number of sulfonamides is 1. The van der Waals surface area contributed by atoms with E-state index < -0.39 is 22.0 Å². The number of esters is 2. The molecule has 160 valence electrons. The number of carbonyl (C=O) groups is 2. The molecule has 0 spiro atoms. The number of methoxy groups -OCH3 is 1. The maximum absolute atomic E-state index is 12.9. The zero-order valence-corrected chi connectivity index (χ0v) is 17.4. The maximum atomic E-state index is 12.9. The van der Waals surface area contributed by atoms with Gasteiger partial charge in [-0.25, -0.2) is 18.0 Å². The van der Waals surface area contributed by atoms with Gasteiger partial charge in [-0.1, -0.05) is 18.2 Å². The van der Waals surface area contributed by atoms with Crippen LogP contribution in [0.2, 0.25) is 0 Å². The summed E-state index contributed by atoms with van der Waals surface area (Å²) in [6, 6.07) is 12.6. The smallest absolute Gasteiger partial charge is 0.338 e. The molecule has 1 aliphatic rings. The summed E-state index contributed by atoms with van der Waals surface area (Å²) in [6.07, 6.45) is 1.59. The normalized spacial score (nSPS) is 14.3. The average Bonchev–Trinajstić information content (AvgIpc) is 3.32. The zero-order valence-electron chi connectivity index (χ0n) is 16.6. The SMILES string of the molecule is COc1ccc(C(=O)OCCOC(=O)c2ccccc2)cc1S(=O)(=O)N1CCCC1. The summed E-state index contributed by atoms with van der Waals surface area (Å²) in [5.41, 5.74) is 0.471. The molecule has 0 aromatic heterocycles. The van der Waals surface area contributed by atoms with Gasteiger partial charge in [-0.15, -0.1) is 0 Å². The summed E-state index contributed by atoms with van der Waals surface area (Å²) >= 11 is 0. The lowest BCUT2D eigenvalue weighted by Crippen LogP contribution is -2.28. The molecule has 0 unspecified atom stereocenters. The first kappa shape index (κ1) is 21.8. The number of benzene rings is 2. The van der Waals surface area contributed by atoms with Gasteiger partial charge < -0.3 is 14.2 Å². The molecule has 1 fully saturated rings. The number of carbonyl (C=O) groups excluding carboxylic acids is 2. The molecule has 8 nitrogen and oxygen atoms in total. The minimum Gasteiger partial charge on any atom is -0.495 e. The summed E-state index contributed by atoms with van der Waals surface area (Å²) in [6.45, 7) is 0.603. The van der Waals surface area contributed by atoms with Gasteiger partial charge in [0, 0.05) is 13.1 Å². The van der Waals surface area contributed by atoms with Crippen LogP contribution in [0.1, 0.15) is 33.6 Å². The van der Waals surface area contributed by atoms with Crippen molar-refractivity contribution in [1.82, 2.24) is 4.31 Å². The first-order chi connectivity index (χ1) is 14.4. The van der Waals surface area contributed by atoms with E-state index in [2.05, 4.69) is 0 Å². The molecule has 1 saturated heterocycles. The van der Waals surface area contributed by atoms with Crippen molar-refractivity contribution in [3.05, 3.63) is 59.7 Å². The van der Waals surface area contributed by atoms with Crippen molar-refractivity contribution in [3.8, 4) is 5.75 Å². The summed E-state index contributed by atoms with van der Waals surface area (Å²) in [5, 5.41) is 0. The standard InChI is InChI=1S/C21H23NO7S/c1-27-18-10-9-17(15-19(18)30(25,26)22-11-5-6-12-22)21(24)29-14-13-28-20(23)16-7-3-2-4-8-16/h2-4,7-10,15H,5-6,11-14H2,1H3. The number of hydrogen-bond donors (Lipinski definition) is 0. The molecule has 3 rings (SSSR count). The van der Waals surface area contributed by atoms with E-state index in [9.17, 15) is 18.0 Å². The van der Waals surface area contributed by atoms with Crippen molar-refractivity contribution in [2.24, 2.45) is 0 Å². The molecule has 0 N–H and O–H groups in total. The Kier molecular flexibility index (Phi) is 7.07. The van der Waals surface area contributed by atoms with Crippen LogP contribution in [0, 0.1) is 0 Å². The predicted octanol–water partition coefficient (Wildman–Crippen LogP) is 2.49. The zero-order chi connectivity index (χ0) is 21.6. The van der Waals surface area contributed by atoms with Gasteiger partial charge in [0.25, 0.3) is 0 Å². The Labute approximate surface area is 175 Å². The third-order valence-corrected chi connectivity index (χ3v) is 6.56.